The van der Waals surface area contributed by atoms with E-state index in [4.69, 9.17) is 4.74 Å². The highest BCUT2D eigenvalue weighted by Gasteiger charge is 2.48. The Labute approximate surface area is 138 Å². The summed E-state index contributed by atoms with van der Waals surface area (Å²) in [6.45, 7) is 2.77. The van der Waals surface area contributed by atoms with E-state index in [0.717, 1.165) is 6.92 Å². The Hall–Kier alpha value is -2.03. The van der Waals surface area contributed by atoms with Crippen LogP contribution in [0.3, 0.4) is 0 Å². The van der Waals surface area contributed by atoms with Crippen molar-refractivity contribution in [2.75, 3.05) is 6.61 Å². The maximum atomic E-state index is 12.2. The first kappa shape index (κ1) is 20.0. The van der Waals surface area contributed by atoms with Gasteiger partial charge < -0.3 is 8.92 Å². The number of ether oxygens (including phenoxy) is 1. The van der Waals surface area contributed by atoms with Crippen LogP contribution in [0.2, 0.25) is 0 Å². The Kier molecular flexibility index (Phi) is 6.82. The number of halogens is 3. The van der Waals surface area contributed by atoms with Gasteiger partial charge in [0.05, 0.1) is 12.2 Å². The van der Waals surface area contributed by atoms with E-state index < -0.39 is 27.4 Å². The van der Waals surface area contributed by atoms with Crippen LogP contribution in [0, 0.1) is 5.92 Å². The van der Waals surface area contributed by atoms with Crippen LogP contribution in [0.15, 0.2) is 42.2 Å². The summed E-state index contributed by atoms with van der Waals surface area (Å²) in [5.74, 6) is -1.26. The first-order chi connectivity index (χ1) is 11.0. The average molecular weight is 366 g/mol. The van der Waals surface area contributed by atoms with Crippen LogP contribution in [-0.2, 0) is 19.0 Å². The van der Waals surface area contributed by atoms with Gasteiger partial charge in [-0.25, -0.2) is 4.79 Å². The van der Waals surface area contributed by atoms with Gasteiger partial charge in [-0.2, -0.15) is 21.6 Å². The lowest BCUT2D eigenvalue weighted by Crippen LogP contribution is -2.25. The quantitative estimate of drug-likeness (QED) is 0.319. The number of benzene rings is 1. The average Bonchev–Trinajstić information content (AvgIpc) is 2.46. The molecule has 0 fully saturated rings. The van der Waals surface area contributed by atoms with Crippen molar-refractivity contribution in [2.24, 2.45) is 5.92 Å². The number of carbonyl (C=O) groups is 1. The lowest BCUT2D eigenvalue weighted by molar-refractivity contribution is -0.0522. The molecular weight excluding hydrogens is 349 g/mol. The highest BCUT2D eigenvalue weighted by atomic mass is 32.2. The molecule has 0 radical (unpaired) electrons. The van der Waals surface area contributed by atoms with Gasteiger partial charge in [0, 0.05) is 0 Å². The van der Waals surface area contributed by atoms with Gasteiger partial charge in [0.2, 0.25) is 0 Å². The van der Waals surface area contributed by atoms with Crippen molar-refractivity contribution in [1.29, 1.82) is 0 Å². The van der Waals surface area contributed by atoms with E-state index in [9.17, 15) is 26.4 Å². The van der Waals surface area contributed by atoms with Gasteiger partial charge in [0.25, 0.3) is 0 Å². The lowest BCUT2D eigenvalue weighted by atomic mass is 10.1. The molecule has 0 aliphatic rings. The molecule has 1 aromatic rings. The number of alkyl halides is 3. The molecule has 0 aromatic heterocycles. The molecule has 1 unspecified atom stereocenters. The molecule has 0 saturated carbocycles. The van der Waals surface area contributed by atoms with E-state index in [1.165, 1.54) is 6.08 Å². The van der Waals surface area contributed by atoms with Crippen molar-refractivity contribution in [3.8, 4) is 0 Å². The van der Waals surface area contributed by atoms with E-state index in [1.54, 1.807) is 37.3 Å². The molecule has 0 aliphatic heterocycles. The Morgan fingerprint density at radius 2 is 1.83 bits per heavy atom. The minimum atomic E-state index is -5.67. The zero-order valence-electron chi connectivity index (χ0n) is 13.0. The van der Waals surface area contributed by atoms with Gasteiger partial charge >= 0.3 is 21.6 Å². The molecule has 1 aromatic carbocycles. The van der Waals surface area contributed by atoms with Crippen molar-refractivity contribution in [1.82, 2.24) is 0 Å². The molecule has 0 saturated heterocycles. The number of rotatable bonds is 7. The van der Waals surface area contributed by atoms with E-state index in [1.807, 2.05) is 0 Å². The predicted molar refractivity (Wildman–Crippen MR) is 80.3 cm³/mol. The third-order valence-corrected chi connectivity index (χ3v) is 3.91. The van der Waals surface area contributed by atoms with Crippen LogP contribution in [0.25, 0.3) is 0 Å². The van der Waals surface area contributed by atoms with Crippen LogP contribution in [0.4, 0.5) is 13.2 Å². The minimum Gasteiger partial charge on any atom is -0.462 e. The molecule has 134 valence electrons. The summed E-state index contributed by atoms with van der Waals surface area (Å²) in [5, 5.41) is 0. The van der Waals surface area contributed by atoms with Crippen molar-refractivity contribution in [2.45, 2.75) is 25.8 Å². The zero-order chi connectivity index (χ0) is 18.4. The molecular formula is C15H17F3O5S. The molecule has 0 aliphatic carbocycles. The molecule has 0 spiro atoms. The van der Waals surface area contributed by atoms with Gasteiger partial charge in [0.15, 0.2) is 0 Å². The van der Waals surface area contributed by atoms with Crippen LogP contribution in [-0.4, -0.2) is 26.5 Å². The predicted octanol–water partition coefficient (Wildman–Crippen LogP) is 3.64. The monoisotopic (exact) mass is 366 g/mol. The second kappa shape index (κ2) is 8.18. The topological polar surface area (TPSA) is 69.7 Å². The molecule has 0 amide bonds. The number of hydrogen-bond donors (Lipinski definition) is 0. The fourth-order valence-electron chi connectivity index (χ4n) is 1.73. The maximum Gasteiger partial charge on any atom is 0.534 e. The Bertz CT molecular complexity index is 681. The molecule has 9 heteroatoms. The van der Waals surface area contributed by atoms with Crippen LogP contribution >= 0.6 is 0 Å². The van der Waals surface area contributed by atoms with Crippen molar-refractivity contribution in [3.05, 3.63) is 47.7 Å². The number of esters is 1. The minimum absolute atomic E-state index is 0.0324. The highest BCUT2D eigenvalue weighted by Crippen LogP contribution is 2.26. The number of hydrogen-bond acceptors (Lipinski definition) is 5. The Morgan fingerprint density at radius 3 is 2.38 bits per heavy atom. The van der Waals surface area contributed by atoms with Crippen LogP contribution < -0.4 is 0 Å². The molecule has 1 rings (SSSR count). The summed E-state index contributed by atoms with van der Waals surface area (Å²) in [6, 6.07) is 8.30. The maximum absolute atomic E-state index is 12.2. The highest BCUT2D eigenvalue weighted by molar-refractivity contribution is 7.87. The Balaban J connectivity index is 2.48. The summed E-state index contributed by atoms with van der Waals surface area (Å²) in [7, 11) is -5.67. The third-order valence-electron chi connectivity index (χ3n) is 2.86. The molecule has 0 N–H and O–H groups in total. The fraction of sp³-hybridized carbons (Fsp3) is 0.400. The van der Waals surface area contributed by atoms with E-state index in [-0.39, 0.29) is 12.5 Å². The van der Waals surface area contributed by atoms with Gasteiger partial charge in [-0.3, -0.25) is 0 Å². The number of allylic oxidation sites excluding steroid dienone is 2. The standard InChI is InChI=1S/C15H17F3O5S/c1-11(10-12(2)23-24(20,21)15(16,17)18)8-9-22-14(19)13-6-4-3-5-7-13/h3-7,10-11H,8-9H2,1-2H3/b12-10+. The zero-order valence-corrected chi connectivity index (χ0v) is 13.9. The first-order valence-electron chi connectivity index (χ1n) is 6.94. The molecule has 24 heavy (non-hydrogen) atoms. The van der Waals surface area contributed by atoms with Crippen LogP contribution in [0.5, 0.6) is 0 Å². The van der Waals surface area contributed by atoms with E-state index >= 15 is 0 Å². The second-order valence-electron chi connectivity index (χ2n) is 5.03. The molecule has 0 bridgehead atoms. The van der Waals surface area contributed by atoms with Gasteiger partial charge in [0.1, 0.15) is 5.76 Å². The second-order valence-corrected chi connectivity index (χ2v) is 6.57. The van der Waals surface area contributed by atoms with Crippen molar-refractivity contribution in [3.63, 3.8) is 0 Å². The van der Waals surface area contributed by atoms with Gasteiger partial charge in [-0.05, 0) is 37.5 Å². The summed E-state index contributed by atoms with van der Waals surface area (Å²) >= 11 is 0. The molecule has 1 atom stereocenters. The third kappa shape index (κ3) is 6.23. The van der Waals surface area contributed by atoms with Crippen LogP contribution in [0.1, 0.15) is 30.6 Å². The first-order valence-corrected chi connectivity index (χ1v) is 8.35. The largest absolute Gasteiger partial charge is 0.534 e. The number of carbonyl (C=O) groups excluding carboxylic acids is 1. The smallest absolute Gasteiger partial charge is 0.462 e. The summed E-state index contributed by atoms with van der Waals surface area (Å²) in [4.78, 5) is 11.7. The Morgan fingerprint density at radius 1 is 1.25 bits per heavy atom. The van der Waals surface area contributed by atoms with Gasteiger partial charge in [-0.15, -0.1) is 0 Å². The van der Waals surface area contributed by atoms with E-state index in [0.29, 0.717) is 12.0 Å². The van der Waals surface area contributed by atoms with E-state index in [2.05, 4.69) is 4.18 Å². The summed E-state index contributed by atoms with van der Waals surface area (Å²) in [5.41, 5.74) is -5.09. The summed E-state index contributed by atoms with van der Waals surface area (Å²) in [6.07, 6.45) is 1.52. The van der Waals surface area contributed by atoms with Gasteiger partial charge in [-0.1, -0.05) is 25.1 Å². The lowest BCUT2D eigenvalue weighted by Gasteiger charge is -2.12. The normalized spacial score (nSPS) is 14.1. The SMILES string of the molecule is C/C(=C\C(C)CCOC(=O)c1ccccc1)OS(=O)(=O)C(F)(F)F. The van der Waals surface area contributed by atoms with Crippen molar-refractivity contribution < 1.29 is 35.3 Å². The van der Waals surface area contributed by atoms with Crippen molar-refractivity contribution >= 4 is 16.1 Å². The summed E-state index contributed by atoms with van der Waals surface area (Å²) < 4.78 is 67.3. The molecule has 5 nitrogen and oxygen atoms in total. The molecule has 0 heterocycles. The fourth-order valence-corrected chi connectivity index (χ4v) is 2.22.